The number of likely N-dealkylation sites (N-methyl/N-ethyl adjacent to an activating group) is 1. The van der Waals surface area contributed by atoms with Crippen LogP contribution in [-0.2, 0) is 12.8 Å². The van der Waals surface area contributed by atoms with E-state index in [0.29, 0.717) is 17.3 Å². The van der Waals surface area contributed by atoms with E-state index in [0.717, 1.165) is 40.9 Å². The Hall–Kier alpha value is -2.61. The first-order valence-electron chi connectivity index (χ1n) is 9.42. The zero-order valence-corrected chi connectivity index (χ0v) is 17.9. The molecule has 0 fully saturated rings. The maximum Gasteiger partial charge on any atom is 0.407 e. The van der Waals surface area contributed by atoms with Gasteiger partial charge in [-0.25, -0.2) is 9.48 Å². The normalized spacial score (nSPS) is 13.0. The minimum absolute atomic E-state index is 0. The molecule has 30 heavy (non-hydrogen) atoms. The highest BCUT2D eigenvalue weighted by Crippen LogP contribution is 2.41. The highest BCUT2D eigenvalue weighted by atomic mass is 35.5. The Labute approximate surface area is 184 Å². The van der Waals surface area contributed by atoms with Gasteiger partial charge in [0.15, 0.2) is 0 Å². The Morgan fingerprint density at radius 3 is 2.67 bits per heavy atom. The lowest BCUT2D eigenvalue weighted by atomic mass is 9.87. The fourth-order valence-corrected chi connectivity index (χ4v) is 4.32. The van der Waals surface area contributed by atoms with Crippen LogP contribution in [0.1, 0.15) is 29.3 Å². The van der Waals surface area contributed by atoms with E-state index in [1.165, 1.54) is 4.90 Å². The quantitative estimate of drug-likeness (QED) is 0.592. The molecule has 158 valence electrons. The van der Waals surface area contributed by atoms with Crippen molar-refractivity contribution in [2.45, 2.75) is 25.1 Å². The molecule has 1 unspecified atom stereocenters. The van der Waals surface area contributed by atoms with Crippen LogP contribution in [0.3, 0.4) is 0 Å². The molecule has 0 saturated heterocycles. The number of fused-ring (bicyclic) bond motifs is 3. The van der Waals surface area contributed by atoms with Crippen molar-refractivity contribution in [3.8, 4) is 16.8 Å². The van der Waals surface area contributed by atoms with E-state index in [4.69, 9.17) is 28.3 Å². The van der Waals surface area contributed by atoms with E-state index in [9.17, 15) is 9.90 Å². The van der Waals surface area contributed by atoms with Gasteiger partial charge in [-0.15, -0.1) is 11.6 Å². The Morgan fingerprint density at radius 1 is 1.27 bits per heavy atom. The summed E-state index contributed by atoms with van der Waals surface area (Å²) in [6, 6.07) is 9.63. The van der Waals surface area contributed by atoms with E-state index < -0.39 is 11.5 Å². The van der Waals surface area contributed by atoms with E-state index in [1.807, 2.05) is 35.0 Å². The molecular formula is C21H22Cl2N4O3. The third-order valence-corrected chi connectivity index (χ3v) is 5.79. The topological polar surface area (TPSA) is 103 Å². The van der Waals surface area contributed by atoms with Crippen molar-refractivity contribution in [3.63, 3.8) is 0 Å². The molecule has 1 atom stereocenters. The van der Waals surface area contributed by atoms with Crippen LogP contribution in [0.15, 0.2) is 42.7 Å². The minimum atomic E-state index is -0.993. The van der Waals surface area contributed by atoms with Gasteiger partial charge in [0, 0.05) is 36.1 Å². The molecule has 1 aliphatic rings. The molecule has 3 N–H and O–H groups in total. The van der Waals surface area contributed by atoms with Crippen LogP contribution in [0, 0.1) is 0 Å². The highest BCUT2D eigenvalue weighted by molar-refractivity contribution is 6.30. The van der Waals surface area contributed by atoms with Crippen LogP contribution in [-0.4, -0.2) is 49.4 Å². The Balaban J connectivity index is 0.00000256. The first-order valence-corrected chi connectivity index (χ1v) is 10.2. The standard InChI is InChI=1S/C21H20Cl2N4O2.H2O/c1-2-26(21(28)29)12-17(23)20-19-16-5-4-14(22)11-13(16)3-6-18(19)27(25-20)15-7-9-24-10-8-15;/h4-5,7-11,17H,2-3,6,12H2,1H3,(H,28,29);1H2. The number of hydrogen-bond donors (Lipinski definition) is 1. The van der Waals surface area contributed by atoms with Crippen LogP contribution < -0.4 is 0 Å². The summed E-state index contributed by atoms with van der Waals surface area (Å²) < 4.78 is 1.90. The zero-order chi connectivity index (χ0) is 20.5. The first-order chi connectivity index (χ1) is 14.0. The van der Waals surface area contributed by atoms with Crippen LogP contribution in [0.25, 0.3) is 16.8 Å². The summed E-state index contributed by atoms with van der Waals surface area (Å²) in [6.45, 7) is 2.31. The molecule has 3 aromatic rings. The number of nitrogens with zero attached hydrogens (tertiary/aromatic N) is 4. The van der Waals surface area contributed by atoms with Gasteiger partial charge >= 0.3 is 6.09 Å². The van der Waals surface area contributed by atoms with Crippen molar-refractivity contribution in [1.82, 2.24) is 19.7 Å². The van der Waals surface area contributed by atoms with Crippen molar-refractivity contribution < 1.29 is 15.4 Å². The van der Waals surface area contributed by atoms with Crippen molar-refractivity contribution >= 4 is 29.3 Å². The Morgan fingerprint density at radius 2 is 2.00 bits per heavy atom. The molecule has 9 heteroatoms. The first kappa shape index (κ1) is 22.1. The summed E-state index contributed by atoms with van der Waals surface area (Å²) in [5.41, 5.74) is 5.81. The molecule has 0 spiro atoms. The predicted octanol–water partition coefficient (Wildman–Crippen LogP) is 4.14. The Bertz CT molecular complexity index is 1060. The summed E-state index contributed by atoms with van der Waals surface area (Å²) in [6.07, 6.45) is 4.09. The number of rotatable bonds is 5. The van der Waals surface area contributed by atoms with Crippen molar-refractivity contribution in [2.75, 3.05) is 13.1 Å². The van der Waals surface area contributed by atoms with Gasteiger partial charge in [-0.1, -0.05) is 17.7 Å². The summed E-state index contributed by atoms with van der Waals surface area (Å²) in [7, 11) is 0. The Kier molecular flexibility index (Phi) is 6.65. The highest BCUT2D eigenvalue weighted by Gasteiger charge is 2.30. The van der Waals surface area contributed by atoms with Gasteiger partial charge in [0.2, 0.25) is 0 Å². The van der Waals surface area contributed by atoms with Gasteiger partial charge in [0.25, 0.3) is 0 Å². The molecule has 1 amide bonds. The second-order valence-electron chi connectivity index (χ2n) is 6.91. The molecule has 2 aromatic heterocycles. The molecule has 1 aromatic carbocycles. The summed E-state index contributed by atoms with van der Waals surface area (Å²) in [4.78, 5) is 16.8. The summed E-state index contributed by atoms with van der Waals surface area (Å²) >= 11 is 12.9. The van der Waals surface area contributed by atoms with Gasteiger partial charge in [0.1, 0.15) is 0 Å². The maximum atomic E-state index is 11.5. The number of carboxylic acid groups (broad SMARTS) is 1. The fourth-order valence-electron chi connectivity index (χ4n) is 3.80. The molecule has 1 aliphatic carbocycles. The predicted molar refractivity (Wildman–Crippen MR) is 117 cm³/mol. The van der Waals surface area contributed by atoms with E-state index >= 15 is 0 Å². The third-order valence-electron chi connectivity index (χ3n) is 5.21. The summed E-state index contributed by atoms with van der Waals surface area (Å²) in [5, 5.41) is 14.3. The molecule has 0 saturated carbocycles. The molecule has 4 rings (SSSR count). The monoisotopic (exact) mass is 448 g/mol. The number of halogens is 2. The van der Waals surface area contributed by atoms with Crippen LogP contribution in [0.5, 0.6) is 0 Å². The van der Waals surface area contributed by atoms with Gasteiger partial charge in [-0.05, 0) is 55.2 Å². The van der Waals surface area contributed by atoms with Crippen LogP contribution in [0.4, 0.5) is 4.79 Å². The van der Waals surface area contributed by atoms with E-state index in [-0.39, 0.29) is 12.0 Å². The zero-order valence-electron chi connectivity index (χ0n) is 16.3. The number of hydrogen-bond acceptors (Lipinski definition) is 3. The lowest BCUT2D eigenvalue weighted by molar-refractivity contribution is 0.147. The van der Waals surface area contributed by atoms with Crippen molar-refractivity contribution in [1.29, 1.82) is 0 Å². The van der Waals surface area contributed by atoms with E-state index in [1.54, 1.807) is 19.3 Å². The average molecular weight is 449 g/mol. The lowest BCUT2D eigenvalue weighted by Gasteiger charge is -2.22. The number of aromatic nitrogens is 3. The SMILES string of the molecule is CCN(CC(Cl)c1nn(-c2ccncc2)c2c1-c1ccc(Cl)cc1CC2)C(=O)O.O. The number of aryl methyl sites for hydroxylation is 1. The molecule has 0 radical (unpaired) electrons. The average Bonchev–Trinajstić information content (AvgIpc) is 3.12. The van der Waals surface area contributed by atoms with Crippen LogP contribution >= 0.6 is 23.2 Å². The molecule has 0 bridgehead atoms. The van der Waals surface area contributed by atoms with Gasteiger partial charge in [-0.2, -0.15) is 5.10 Å². The second-order valence-corrected chi connectivity index (χ2v) is 7.88. The smallest absolute Gasteiger partial charge is 0.407 e. The second kappa shape index (κ2) is 9.04. The summed E-state index contributed by atoms with van der Waals surface area (Å²) in [5.74, 6) is 0. The minimum Gasteiger partial charge on any atom is -0.465 e. The number of pyridine rings is 1. The maximum absolute atomic E-state index is 11.5. The number of amides is 1. The van der Waals surface area contributed by atoms with E-state index in [2.05, 4.69) is 4.98 Å². The largest absolute Gasteiger partial charge is 0.465 e. The van der Waals surface area contributed by atoms with Crippen molar-refractivity contribution in [3.05, 3.63) is 64.7 Å². The van der Waals surface area contributed by atoms with Crippen LogP contribution in [0.2, 0.25) is 5.02 Å². The lowest BCUT2D eigenvalue weighted by Crippen LogP contribution is -2.32. The third kappa shape index (κ3) is 4.01. The number of benzene rings is 1. The van der Waals surface area contributed by atoms with Crippen molar-refractivity contribution in [2.24, 2.45) is 0 Å². The fraction of sp³-hybridized carbons (Fsp3) is 0.286. The van der Waals surface area contributed by atoms with Gasteiger partial charge in [-0.3, -0.25) is 4.98 Å². The molecular weight excluding hydrogens is 427 g/mol. The number of carbonyl (C=O) groups is 1. The van der Waals surface area contributed by atoms with Gasteiger partial charge < -0.3 is 15.5 Å². The molecule has 0 aliphatic heterocycles. The van der Waals surface area contributed by atoms with Gasteiger partial charge in [0.05, 0.1) is 22.5 Å². The molecule has 7 nitrogen and oxygen atoms in total. The molecule has 2 heterocycles. The number of alkyl halides is 1.